The first-order chi connectivity index (χ1) is 2.50. The summed E-state index contributed by atoms with van der Waals surface area (Å²) in [6, 6.07) is 0. The van der Waals surface area contributed by atoms with E-state index in [0.29, 0.717) is 0 Å². The normalized spacial score (nSPS) is 16.0. The summed E-state index contributed by atoms with van der Waals surface area (Å²) >= 11 is -0.157. The molecule has 1 N–H and O–H groups in total. The van der Waals surface area contributed by atoms with Gasteiger partial charge in [-0.1, -0.05) is 0 Å². The van der Waals surface area contributed by atoms with Crippen LogP contribution in [0.25, 0.3) is 0 Å². The Bertz CT molecular complexity index is 65.0. The average Bonchev–Trinajstić information content (AvgIpc) is 1.76. The molecule has 0 saturated carbocycles. The molecule has 0 saturated heterocycles. The van der Waals surface area contributed by atoms with E-state index in [0.717, 1.165) is 0 Å². The van der Waals surface area contributed by atoms with Gasteiger partial charge in [0, 0.05) is 0 Å². The van der Waals surface area contributed by atoms with E-state index in [4.69, 9.17) is 0 Å². The molecule has 0 aliphatic carbocycles. The summed E-state index contributed by atoms with van der Waals surface area (Å²) in [5.74, 6) is 0. The van der Waals surface area contributed by atoms with Gasteiger partial charge in [-0.3, -0.25) is 0 Å². The molecule has 5 heavy (non-hydrogen) atoms. The summed E-state index contributed by atoms with van der Waals surface area (Å²) < 4.78 is 5.40. The first kappa shape index (κ1) is 3.40. The number of allylic oxidation sites excluding steroid dienone is 1. The average molecular weight is 173 g/mol. The van der Waals surface area contributed by atoms with Gasteiger partial charge in [0.1, 0.15) is 0 Å². The fraction of sp³-hybridized carbons (Fsp3) is 0. The van der Waals surface area contributed by atoms with Crippen LogP contribution in [0.3, 0.4) is 0 Å². The van der Waals surface area contributed by atoms with Gasteiger partial charge in [0.05, 0.1) is 0 Å². The third-order valence-corrected chi connectivity index (χ3v) is 2.42. The van der Waals surface area contributed by atoms with Gasteiger partial charge in [0.2, 0.25) is 0 Å². The van der Waals surface area contributed by atoms with E-state index in [1.54, 1.807) is 0 Å². The minimum absolute atomic E-state index is 0.157. The van der Waals surface area contributed by atoms with Crippen LogP contribution in [-0.4, -0.2) is 25.0 Å². The van der Waals surface area contributed by atoms with E-state index in [1.165, 1.54) is 0 Å². The molecule has 0 unspecified atom stereocenters. The zero-order valence-corrected chi connectivity index (χ0v) is 5.59. The van der Waals surface area contributed by atoms with Gasteiger partial charge >= 0.3 is 40.8 Å². The van der Waals surface area contributed by atoms with Crippen molar-refractivity contribution in [3.8, 4) is 0 Å². The second-order valence-corrected chi connectivity index (χ2v) is 3.41. The van der Waals surface area contributed by atoms with Gasteiger partial charge in [-0.05, 0) is 0 Å². The monoisotopic (exact) mass is 174 g/mol. The summed E-state index contributed by atoms with van der Waals surface area (Å²) in [4.78, 5) is 0. The zero-order chi connectivity index (χ0) is 3.54. The maximum atomic E-state index is 3.16. The Balaban J connectivity index is 2.61. The molecule has 0 aromatic rings. The predicted molar refractivity (Wildman–Crippen MR) is 24.1 cm³/mol. The third kappa shape index (κ3) is 0.757. The van der Waals surface area contributed by atoms with E-state index >= 15 is 0 Å². The van der Waals surface area contributed by atoms with Gasteiger partial charge < -0.3 is 0 Å². The molecular weight excluding hydrogens is 169 g/mol. The van der Waals surface area contributed by atoms with Gasteiger partial charge in [-0.15, -0.1) is 0 Å². The molecule has 1 radical (unpaired) electrons. The van der Waals surface area contributed by atoms with E-state index in [9.17, 15) is 0 Å². The Morgan fingerprint density at radius 1 is 1.60 bits per heavy atom. The number of nitrogens with one attached hydrogen (secondary N) is 1. The van der Waals surface area contributed by atoms with Gasteiger partial charge in [0.15, 0.2) is 0 Å². The molecule has 1 rings (SSSR count). The van der Waals surface area contributed by atoms with E-state index in [1.807, 2.05) is 6.20 Å². The standard InChI is InChI=1S/C3H4N.Sn/c1-2-3-4;/h1-4H;/q-1;+1. The summed E-state index contributed by atoms with van der Waals surface area (Å²) in [6.45, 7) is 0. The fourth-order valence-corrected chi connectivity index (χ4v) is 1.61. The Morgan fingerprint density at radius 2 is 2.60 bits per heavy atom. The SMILES string of the molecule is C1=C[NH][Sn]=[CH]1. The summed E-state index contributed by atoms with van der Waals surface area (Å²) in [5, 5.41) is 0. The minimum atomic E-state index is -0.157. The molecule has 0 atom stereocenters. The molecule has 0 fully saturated rings. The molecule has 0 bridgehead atoms. The molecule has 25 valence electrons. The molecule has 1 aliphatic heterocycles. The summed E-state index contributed by atoms with van der Waals surface area (Å²) in [7, 11) is 0. The van der Waals surface area contributed by atoms with E-state index in [2.05, 4.69) is 13.6 Å². The van der Waals surface area contributed by atoms with Crippen LogP contribution in [0, 0.1) is 0 Å². The fourth-order valence-electron chi connectivity index (χ4n) is 0.241. The van der Waals surface area contributed by atoms with E-state index < -0.39 is 0 Å². The summed E-state index contributed by atoms with van der Waals surface area (Å²) in [5.41, 5.74) is 0. The topological polar surface area (TPSA) is 12.0 Å². The Labute approximate surface area is 41.1 Å². The molecule has 1 nitrogen and oxygen atoms in total. The molecule has 0 aromatic carbocycles. The Kier molecular flexibility index (Phi) is 1.09. The Morgan fingerprint density at radius 3 is 2.80 bits per heavy atom. The number of hydrogen-bond acceptors (Lipinski definition) is 1. The predicted octanol–water partition coefficient (Wildman–Crippen LogP) is -0.475. The van der Waals surface area contributed by atoms with Crippen LogP contribution in [-0.2, 0) is 0 Å². The second-order valence-electron chi connectivity index (χ2n) is 0.814. The van der Waals surface area contributed by atoms with Crippen LogP contribution in [0.4, 0.5) is 0 Å². The third-order valence-electron chi connectivity index (χ3n) is 0.442. The molecular formula is C3H4NSn. The van der Waals surface area contributed by atoms with Crippen molar-refractivity contribution >= 4 is 25.0 Å². The Hall–Kier alpha value is 0.209. The van der Waals surface area contributed by atoms with Crippen LogP contribution in [0.1, 0.15) is 0 Å². The van der Waals surface area contributed by atoms with Crippen molar-refractivity contribution in [2.45, 2.75) is 0 Å². The van der Waals surface area contributed by atoms with Gasteiger partial charge in [-0.2, -0.15) is 0 Å². The first-order valence-electron chi connectivity index (χ1n) is 1.49. The molecule has 1 heterocycles. The number of hydrogen-bond donors (Lipinski definition) is 1. The van der Waals surface area contributed by atoms with Crippen molar-refractivity contribution in [3.63, 3.8) is 0 Å². The van der Waals surface area contributed by atoms with Crippen LogP contribution in [0.5, 0.6) is 0 Å². The molecule has 0 amide bonds. The maximum absolute atomic E-state index is 3.16. The molecule has 2 heteroatoms. The van der Waals surface area contributed by atoms with Crippen LogP contribution in [0.2, 0.25) is 0 Å². The first-order valence-corrected chi connectivity index (χ1v) is 4.57. The molecule has 0 spiro atoms. The zero-order valence-electron chi connectivity index (χ0n) is 2.73. The van der Waals surface area contributed by atoms with Gasteiger partial charge in [0.25, 0.3) is 0 Å². The quantitative estimate of drug-likeness (QED) is 0.488. The van der Waals surface area contributed by atoms with Crippen LogP contribution in [0.15, 0.2) is 12.3 Å². The van der Waals surface area contributed by atoms with Crippen molar-refractivity contribution in [2.24, 2.45) is 0 Å². The van der Waals surface area contributed by atoms with Crippen molar-refractivity contribution < 1.29 is 0 Å². The van der Waals surface area contributed by atoms with E-state index in [-0.39, 0.29) is 20.9 Å². The number of rotatable bonds is 0. The molecule has 0 aromatic heterocycles. The second kappa shape index (κ2) is 1.60. The molecule has 1 aliphatic rings. The van der Waals surface area contributed by atoms with Crippen molar-refractivity contribution in [3.05, 3.63) is 12.3 Å². The van der Waals surface area contributed by atoms with Crippen molar-refractivity contribution in [1.82, 2.24) is 3.54 Å². The van der Waals surface area contributed by atoms with Crippen molar-refractivity contribution in [2.75, 3.05) is 0 Å². The van der Waals surface area contributed by atoms with Crippen molar-refractivity contribution in [1.29, 1.82) is 0 Å². The van der Waals surface area contributed by atoms with Gasteiger partial charge in [-0.25, -0.2) is 0 Å². The van der Waals surface area contributed by atoms with Crippen LogP contribution >= 0.6 is 0 Å². The van der Waals surface area contributed by atoms with Crippen LogP contribution < -0.4 is 3.54 Å². The summed E-state index contributed by atoms with van der Waals surface area (Å²) in [6.07, 6.45) is 4.08.